The van der Waals surface area contributed by atoms with E-state index < -0.39 is 35.7 Å². The zero-order valence-corrected chi connectivity index (χ0v) is 16.1. The van der Waals surface area contributed by atoms with Crippen LogP contribution in [0.3, 0.4) is 0 Å². The maximum Gasteiger partial charge on any atom is 0.410 e. The van der Waals surface area contributed by atoms with Crippen molar-refractivity contribution in [1.29, 1.82) is 0 Å². The molecule has 0 radical (unpaired) electrons. The number of piperazine rings is 1. The van der Waals surface area contributed by atoms with Gasteiger partial charge in [0.05, 0.1) is 6.54 Å². The minimum absolute atomic E-state index is 0.00549. The Balaban J connectivity index is 1.69. The molecule has 0 aromatic heterocycles. The van der Waals surface area contributed by atoms with Crippen molar-refractivity contribution in [2.24, 2.45) is 0 Å². The topological polar surface area (TPSA) is 106 Å². The lowest BCUT2D eigenvalue weighted by molar-refractivity contribution is -0.158. The second kappa shape index (κ2) is 7.57. The molecule has 0 aliphatic carbocycles. The van der Waals surface area contributed by atoms with Crippen molar-refractivity contribution in [3.05, 3.63) is 24.3 Å². The number of rotatable bonds is 2. The predicted octanol–water partition coefficient (Wildman–Crippen LogP) is 1.36. The molecule has 2 aliphatic rings. The van der Waals surface area contributed by atoms with Crippen LogP contribution < -0.4 is 9.47 Å². The van der Waals surface area contributed by atoms with Crippen molar-refractivity contribution in [3.63, 3.8) is 0 Å². The molecule has 9 nitrogen and oxygen atoms in total. The fourth-order valence-electron chi connectivity index (χ4n) is 3.08. The fraction of sp³-hybridized carbons (Fsp3) is 0.526. The summed E-state index contributed by atoms with van der Waals surface area (Å²) in [5.41, 5.74) is -0.691. The highest BCUT2D eigenvalue weighted by Crippen LogP contribution is 2.31. The van der Waals surface area contributed by atoms with Gasteiger partial charge in [0.25, 0.3) is 5.91 Å². The predicted molar refractivity (Wildman–Crippen MR) is 97.3 cm³/mol. The summed E-state index contributed by atoms with van der Waals surface area (Å²) in [5.74, 6) is -0.702. The number of aliphatic carboxylic acids is 1. The highest BCUT2D eigenvalue weighted by molar-refractivity contribution is 5.88. The molecule has 0 bridgehead atoms. The van der Waals surface area contributed by atoms with E-state index in [4.69, 9.17) is 14.2 Å². The summed E-state index contributed by atoms with van der Waals surface area (Å²) in [7, 11) is 0. The highest BCUT2D eigenvalue weighted by Gasteiger charge is 2.42. The molecular weight excluding hydrogens is 368 g/mol. The maximum atomic E-state index is 12.9. The van der Waals surface area contributed by atoms with Crippen molar-refractivity contribution in [1.82, 2.24) is 9.80 Å². The Morgan fingerprint density at radius 1 is 1.14 bits per heavy atom. The van der Waals surface area contributed by atoms with Gasteiger partial charge in [0.2, 0.25) is 6.10 Å². The number of hydrogen-bond donors (Lipinski definition) is 1. The third-order valence-corrected chi connectivity index (χ3v) is 4.38. The second-order valence-electron chi connectivity index (χ2n) is 7.68. The van der Waals surface area contributed by atoms with Crippen LogP contribution in [-0.4, -0.2) is 76.9 Å². The molecule has 2 amide bonds. The van der Waals surface area contributed by atoms with E-state index in [0.29, 0.717) is 11.5 Å². The Hall–Kier alpha value is -2.97. The van der Waals surface area contributed by atoms with E-state index in [0.717, 1.165) is 0 Å². The Morgan fingerprint density at radius 3 is 2.46 bits per heavy atom. The molecule has 2 atom stereocenters. The second-order valence-corrected chi connectivity index (χ2v) is 7.68. The quantitative estimate of drug-likeness (QED) is 0.810. The Kier molecular flexibility index (Phi) is 5.35. The fourth-order valence-corrected chi connectivity index (χ4v) is 3.08. The molecule has 152 valence electrons. The molecule has 9 heteroatoms. The zero-order valence-electron chi connectivity index (χ0n) is 16.1. The zero-order chi connectivity index (χ0) is 20.5. The van der Waals surface area contributed by atoms with Gasteiger partial charge in [0.1, 0.15) is 18.2 Å². The molecule has 0 spiro atoms. The average molecular weight is 392 g/mol. The minimum atomic E-state index is -1.20. The molecule has 2 heterocycles. The van der Waals surface area contributed by atoms with Crippen LogP contribution in [0.15, 0.2) is 24.3 Å². The number of carboxylic acids is 1. The lowest BCUT2D eigenvalue weighted by Gasteiger charge is -2.41. The molecule has 0 unspecified atom stereocenters. The van der Waals surface area contributed by atoms with Crippen molar-refractivity contribution in [3.8, 4) is 11.5 Å². The first kappa shape index (κ1) is 19.8. The number of fused-ring (bicyclic) bond motifs is 1. The molecule has 1 fully saturated rings. The van der Waals surface area contributed by atoms with E-state index >= 15 is 0 Å². The largest absolute Gasteiger partial charge is 0.485 e. The van der Waals surface area contributed by atoms with Gasteiger partial charge in [-0.2, -0.15) is 0 Å². The maximum absolute atomic E-state index is 12.9. The molecule has 28 heavy (non-hydrogen) atoms. The van der Waals surface area contributed by atoms with E-state index in [-0.39, 0.29) is 26.2 Å². The van der Waals surface area contributed by atoms with Crippen LogP contribution in [0.25, 0.3) is 0 Å². The van der Waals surface area contributed by atoms with Gasteiger partial charge in [-0.3, -0.25) is 4.79 Å². The number of carboxylic acid groups (broad SMARTS) is 1. The first-order valence-electron chi connectivity index (χ1n) is 9.05. The van der Waals surface area contributed by atoms with Crippen LogP contribution in [0.2, 0.25) is 0 Å². The summed E-state index contributed by atoms with van der Waals surface area (Å²) in [6, 6.07) is 5.78. The van der Waals surface area contributed by atoms with Crippen LogP contribution in [0.5, 0.6) is 11.5 Å². The lowest BCUT2D eigenvalue weighted by atomic mass is 10.1. The molecule has 3 rings (SSSR count). The summed E-state index contributed by atoms with van der Waals surface area (Å²) in [6.45, 7) is 5.28. The number of para-hydroxylation sites is 2. The highest BCUT2D eigenvalue weighted by atomic mass is 16.6. The van der Waals surface area contributed by atoms with E-state index in [1.54, 1.807) is 45.0 Å². The van der Waals surface area contributed by atoms with Crippen LogP contribution in [-0.2, 0) is 14.3 Å². The van der Waals surface area contributed by atoms with E-state index in [9.17, 15) is 19.5 Å². The van der Waals surface area contributed by atoms with Gasteiger partial charge in [-0.15, -0.1) is 0 Å². The van der Waals surface area contributed by atoms with Crippen molar-refractivity contribution in [2.45, 2.75) is 38.5 Å². The molecule has 1 saturated heterocycles. The first-order valence-corrected chi connectivity index (χ1v) is 9.05. The summed E-state index contributed by atoms with van der Waals surface area (Å²) in [6.07, 6.45) is -1.54. The average Bonchev–Trinajstić information content (AvgIpc) is 2.65. The molecule has 2 aliphatic heterocycles. The summed E-state index contributed by atoms with van der Waals surface area (Å²) < 4.78 is 16.6. The van der Waals surface area contributed by atoms with Gasteiger partial charge in [0.15, 0.2) is 11.5 Å². The first-order chi connectivity index (χ1) is 13.2. The van der Waals surface area contributed by atoms with E-state index in [1.807, 2.05) is 0 Å². The van der Waals surface area contributed by atoms with Crippen LogP contribution >= 0.6 is 0 Å². The van der Waals surface area contributed by atoms with Crippen LogP contribution in [0.1, 0.15) is 20.8 Å². The minimum Gasteiger partial charge on any atom is -0.485 e. The monoisotopic (exact) mass is 392 g/mol. The Bertz CT molecular complexity index is 774. The van der Waals surface area contributed by atoms with Gasteiger partial charge < -0.3 is 29.1 Å². The summed E-state index contributed by atoms with van der Waals surface area (Å²) in [4.78, 5) is 39.5. The molecule has 1 aromatic carbocycles. The normalized spacial score (nSPS) is 21.8. The van der Waals surface area contributed by atoms with Gasteiger partial charge in [-0.1, -0.05) is 12.1 Å². The third-order valence-electron chi connectivity index (χ3n) is 4.38. The molecule has 0 saturated carbocycles. The van der Waals surface area contributed by atoms with Crippen molar-refractivity contribution >= 4 is 18.0 Å². The number of carbonyl (C=O) groups excluding carboxylic acids is 2. The third kappa shape index (κ3) is 4.29. The van der Waals surface area contributed by atoms with Gasteiger partial charge in [-0.25, -0.2) is 9.59 Å². The number of hydrogen-bond acceptors (Lipinski definition) is 6. The van der Waals surface area contributed by atoms with Crippen molar-refractivity contribution < 1.29 is 33.7 Å². The number of carbonyl (C=O) groups is 3. The molecule has 1 N–H and O–H groups in total. The number of amides is 2. The van der Waals surface area contributed by atoms with E-state index in [2.05, 4.69) is 0 Å². The molecular formula is C19H24N2O7. The Labute approximate surface area is 162 Å². The van der Waals surface area contributed by atoms with Gasteiger partial charge in [-0.05, 0) is 32.9 Å². The number of benzene rings is 1. The van der Waals surface area contributed by atoms with Crippen LogP contribution in [0.4, 0.5) is 4.79 Å². The summed E-state index contributed by atoms with van der Waals surface area (Å²) in [5, 5.41) is 9.60. The van der Waals surface area contributed by atoms with Crippen molar-refractivity contribution in [2.75, 3.05) is 26.2 Å². The van der Waals surface area contributed by atoms with Gasteiger partial charge in [0, 0.05) is 13.1 Å². The lowest BCUT2D eigenvalue weighted by Crippen LogP contribution is -2.62. The smallest absolute Gasteiger partial charge is 0.410 e. The standard InChI is InChI=1S/C19H24N2O7/c1-19(2,3)28-18(25)20-8-9-21(12(10-20)17(23)24)16(22)15-11-26-13-6-4-5-7-14(13)27-15/h4-7,12,15H,8-11H2,1-3H3,(H,23,24)/t12-,15+/m0/s1. The number of ether oxygens (including phenoxy) is 3. The van der Waals surface area contributed by atoms with Gasteiger partial charge >= 0.3 is 12.1 Å². The summed E-state index contributed by atoms with van der Waals surface area (Å²) >= 11 is 0. The van der Waals surface area contributed by atoms with Crippen LogP contribution in [0, 0.1) is 0 Å². The molecule has 1 aromatic rings. The SMILES string of the molecule is CC(C)(C)OC(=O)N1CCN(C(=O)[C@H]2COc3ccccc3O2)[C@H](C(=O)O)C1. The Morgan fingerprint density at radius 2 is 1.82 bits per heavy atom. The van der Waals surface area contributed by atoms with E-state index in [1.165, 1.54) is 9.80 Å². The number of nitrogens with zero attached hydrogens (tertiary/aromatic N) is 2.